The Balaban J connectivity index is 1.34. The molecule has 0 amide bonds. The molecule has 0 saturated carbocycles. The Morgan fingerprint density at radius 2 is 1.59 bits per heavy atom. The summed E-state index contributed by atoms with van der Waals surface area (Å²) >= 11 is 1.04. The molecule has 1 aromatic carbocycles. The van der Waals surface area contributed by atoms with Crippen LogP contribution in [0.2, 0.25) is 0 Å². The first-order valence-electron chi connectivity index (χ1n) is 16.8. The summed E-state index contributed by atoms with van der Waals surface area (Å²) in [5, 5.41) is 27.5. The lowest BCUT2D eigenvalue weighted by Crippen LogP contribution is -2.58. The predicted molar refractivity (Wildman–Crippen MR) is 182 cm³/mol. The van der Waals surface area contributed by atoms with Gasteiger partial charge in [0, 0.05) is 37.4 Å². The second-order valence-corrected chi connectivity index (χ2v) is 13.8. The van der Waals surface area contributed by atoms with Gasteiger partial charge in [-0.05, 0) is 12.1 Å². The van der Waals surface area contributed by atoms with E-state index in [-0.39, 0.29) is 30.5 Å². The molecule has 1 N–H and O–H groups in total. The molecular weight excluding hydrogens is 773 g/mol. The highest BCUT2D eigenvalue weighted by Crippen LogP contribution is 2.42. The van der Waals surface area contributed by atoms with Crippen molar-refractivity contribution in [2.24, 2.45) is 0 Å². The zero-order chi connectivity index (χ0) is 40.1. The number of hydrogen-bond donors (Lipinski definition) is 1. The maximum Gasteiger partial charge on any atom is 0.331 e. The van der Waals surface area contributed by atoms with E-state index in [4.69, 9.17) is 33.2 Å². The van der Waals surface area contributed by atoms with Gasteiger partial charge in [0.1, 0.15) is 54.3 Å². The van der Waals surface area contributed by atoms with Gasteiger partial charge in [0.15, 0.2) is 23.6 Å². The fourth-order valence-corrected chi connectivity index (χ4v) is 7.50. The number of hydrogen-bond acceptors (Lipinski definition) is 18. The fourth-order valence-electron chi connectivity index (χ4n) is 6.03. The number of halogens is 3. The number of methoxy groups -OCH3 is 2. The molecule has 19 nitrogen and oxygen atoms in total. The number of thioether (sulfide) groups is 1. The van der Waals surface area contributed by atoms with Crippen molar-refractivity contribution in [1.82, 2.24) is 40.0 Å². The van der Waals surface area contributed by atoms with Crippen LogP contribution in [0.3, 0.4) is 0 Å². The number of esters is 3. The summed E-state index contributed by atoms with van der Waals surface area (Å²) < 4.78 is 83.9. The molecule has 0 unspecified atom stereocenters. The van der Waals surface area contributed by atoms with Gasteiger partial charge in [-0.2, -0.15) is 0 Å². The van der Waals surface area contributed by atoms with Crippen molar-refractivity contribution in [3.05, 3.63) is 54.4 Å². The van der Waals surface area contributed by atoms with Crippen molar-refractivity contribution in [3.63, 3.8) is 0 Å². The highest BCUT2D eigenvalue weighted by Gasteiger charge is 2.52. The Hall–Kier alpha value is -5.23. The summed E-state index contributed by atoms with van der Waals surface area (Å²) in [5.74, 6) is -6.89. The van der Waals surface area contributed by atoms with Crippen LogP contribution in [0.15, 0.2) is 36.9 Å². The maximum absolute atomic E-state index is 14.2. The molecule has 0 spiro atoms. The van der Waals surface area contributed by atoms with Crippen LogP contribution in [0.1, 0.15) is 25.9 Å². The lowest BCUT2D eigenvalue weighted by Gasteiger charge is -2.46. The van der Waals surface area contributed by atoms with E-state index in [0.717, 1.165) is 49.5 Å². The van der Waals surface area contributed by atoms with Crippen molar-refractivity contribution in [3.8, 4) is 28.5 Å². The first-order chi connectivity index (χ1) is 26.9. The molecule has 56 heavy (non-hydrogen) atoms. The van der Waals surface area contributed by atoms with Crippen molar-refractivity contribution >= 4 is 29.7 Å². The van der Waals surface area contributed by atoms with Crippen molar-refractivity contribution in [2.45, 2.75) is 61.0 Å². The standard InChI is InChI=1S/C33H35F3N8O11S/c1-15(45)52-12-24-30(54-16(2)46)28(44-10-21(39-42-44)17-5-19(34)27(36)20(35)6-17)31(53-14-26(47)49-3)32(55-24)56-25-13-51-11-23(29(25)48)43-9-22(40-41-43)18-7-37-33(50-4)38-8-18/h5-10,23-25,28-32,48H,11-14H2,1-4H3/t23-,24+,25+,28-,29+,30-,31+,32-/m0/s1. The summed E-state index contributed by atoms with van der Waals surface area (Å²) in [5.41, 5.74) is -0.505. The Morgan fingerprint density at radius 3 is 2.23 bits per heavy atom. The Kier molecular flexibility index (Phi) is 12.8. The number of carbonyl (C=O) groups excluding carboxylic acids is 3. The number of rotatable bonds is 13. The van der Waals surface area contributed by atoms with E-state index in [1.807, 2.05) is 0 Å². The number of ether oxygens (including phenoxy) is 7. The topological polar surface area (TPSA) is 223 Å². The lowest BCUT2D eigenvalue weighted by atomic mass is 9.96. The number of benzene rings is 1. The number of aliphatic hydroxyl groups is 1. The zero-order valence-corrected chi connectivity index (χ0v) is 30.9. The second kappa shape index (κ2) is 17.7. The fraction of sp³-hybridized carbons (Fsp3) is 0.485. The van der Waals surface area contributed by atoms with E-state index in [2.05, 4.69) is 30.6 Å². The minimum atomic E-state index is -1.68. The maximum atomic E-state index is 14.2. The molecule has 23 heteroatoms. The van der Waals surface area contributed by atoms with Gasteiger partial charge in [0.25, 0.3) is 0 Å². The van der Waals surface area contributed by atoms with Crippen LogP contribution in [0.5, 0.6) is 6.01 Å². The molecule has 2 aliphatic heterocycles. The first kappa shape index (κ1) is 40.4. The van der Waals surface area contributed by atoms with Crippen LogP contribution in [0.25, 0.3) is 22.5 Å². The molecule has 0 aliphatic carbocycles. The molecule has 8 atom stereocenters. The van der Waals surface area contributed by atoms with Gasteiger partial charge < -0.3 is 38.3 Å². The third-order valence-electron chi connectivity index (χ3n) is 8.70. The van der Waals surface area contributed by atoms with Gasteiger partial charge in [-0.3, -0.25) is 9.59 Å². The van der Waals surface area contributed by atoms with Crippen LogP contribution in [0.4, 0.5) is 13.2 Å². The van der Waals surface area contributed by atoms with Crippen molar-refractivity contribution in [2.75, 3.05) is 40.6 Å². The molecule has 2 aliphatic rings. The average Bonchev–Trinajstić information content (AvgIpc) is 3.87. The highest BCUT2D eigenvalue weighted by molar-refractivity contribution is 8.00. The lowest BCUT2D eigenvalue weighted by molar-refractivity contribution is -0.214. The molecule has 6 rings (SSSR count). The van der Waals surface area contributed by atoms with E-state index in [1.54, 1.807) is 6.20 Å². The van der Waals surface area contributed by atoms with Crippen molar-refractivity contribution < 1.29 is 65.8 Å². The molecule has 2 fully saturated rings. The van der Waals surface area contributed by atoms with Crippen molar-refractivity contribution in [1.29, 1.82) is 0 Å². The van der Waals surface area contributed by atoms with Gasteiger partial charge in [-0.25, -0.2) is 37.3 Å². The minimum absolute atomic E-state index is 0.00160. The van der Waals surface area contributed by atoms with E-state index in [1.165, 1.54) is 30.4 Å². The highest BCUT2D eigenvalue weighted by atomic mass is 32.2. The van der Waals surface area contributed by atoms with E-state index < -0.39 is 95.8 Å². The van der Waals surface area contributed by atoms with Crippen LogP contribution in [0, 0.1) is 17.5 Å². The van der Waals surface area contributed by atoms with E-state index in [9.17, 15) is 32.7 Å². The Morgan fingerprint density at radius 1 is 0.929 bits per heavy atom. The normalized spacial score (nSPS) is 25.0. The third kappa shape index (κ3) is 9.07. The van der Waals surface area contributed by atoms with Gasteiger partial charge in [0.2, 0.25) is 0 Å². The number of aliphatic hydroxyl groups excluding tert-OH is 1. The van der Waals surface area contributed by atoms with Crippen LogP contribution in [-0.2, 0) is 42.8 Å². The molecule has 3 aromatic heterocycles. The SMILES string of the molecule is COC(=O)CO[C@@H]1[C@@H](n2cc(-c3cc(F)c(F)c(F)c3)nn2)[C@@H](OC(C)=O)[C@@H](COC(C)=O)O[C@H]1S[C@@H]1COC[C@H](n2cc(-c3cnc(OC)nc3)nn2)[C@H]1O. The molecule has 0 bridgehead atoms. The molecular formula is C33H35F3N8O11S. The van der Waals surface area contributed by atoms with Crippen LogP contribution < -0.4 is 4.74 Å². The quantitative estimate of drug-likeness (QED) is 0.115. The van der Waals surface area contributed by atoms with Gasteiger partial charge in [-0.15, -0.1) is 22.0 Å². The average molecular weight is 809 g/mol. The number of nitrogens with zero attached hydrogens (tertiary/aromatic N) is 8. The summed E-state index contributed by atoms with van der Waals surface area (Å²) in [4.78, 5) is 45.0. The van der Waals surface area contributed by atoms with Gasteiger partial charge in [-0.1, -0.05) is 10.4 Å². The summed E-state index contributed by atoms with van der Waals surface area (Å²) in [6.07, 6.45) is 0.834. The molecule has 2 saturated heterocycles. The monoisotopic (exact) mass is 808 g/mol. The summed E-state index contributed by atoms with van der Waals surface area (Å²) in [6.45, 7) is 1.25. The smallest absolute Gasteiger partial charge is 0.331 e. The summed E-state index contributed by atoms with van der Waals surface area (Å²) in [6, 6.07) is -0.394. The Labute approximate surface area is 319 Å². The van der Waals surface area contributed by atoms with Gasteiger partial charge >= 0.3 is 23.9 Å². The molecule has 0 radical (unpaired) electrons. The number of carbonyl (C=O) groups is 3. The van der Waals surface area contributed by atoms with E-state index in [0.29, 0.717) is 11.3 Å². The first-order valence-corrected chi connectivity index (χ1v) is 17.7. The Bertz CT molecular complexity index is 2000. The minimum Gasteiger partial charge on any atom is -0.467 e. The summed E-state index contributed by atoms with van der Waals surface area (Å²) in [7, 11) is 2.57. The second-order valence-electron chi connectivity index (χ2n) is 12.4. The van der Waals surface area contributed by atoms with Crippen LogP contribution in [-0.4, -0.2) is 139 Å². The van der Waals surface area contributed by atoms with E-state index >= 15 is 0 Å². The third-order valence-corrected chi connectivity index (χ3v) is 10.1. The van der Waals surface area contributed by atoms with Gasteiger partial charge in [0.05, 0.1) is 51.2 Å². The largest absolute Gasteiger partial charge is 0.467 e. The van der Waals surface area contributed by atoms with Crippen LogP contribution >= 0.6 is 11.8 Å². The molecule has 300 valence electrons. The number of aromatic nitrogens is 8. The zero-order valence-electron chi connectivity index (χ0n) is 30.1. The predicted octanol–water partition coefficient (Wildman–Crippen LogP) is 1.47. The molecule has 5 heterocycles. The molecule has 4 aromatic rings.